The van der Waals surface area contributed by atoms with Gasteiger partial charge in [-0.3, -0.25) is 0 Å². The first-order valence-electron chi connectivity index (χ1n) is 5.68. The van der Waals surface area contributed by atoms with Gasteiger partial charge < -0.3 is 5.32 Å². The van der Waals surface area contributed by atoms with Crippen LogP contribution in [0.1, 0.15) is 5.56 Å². The maximum Gasteiger partial charge on any atom is 0.279 e. The fourth-order valence-corrected chi connectivity index (χ4v) is 2.94. The van der Waals surface area contributed by atoms with E-state index in [1.54, 1.807) is 0 Å². The van der Waals surface area contributed by atoms with Gasteiger partial charge in [0.2, 0.25) is 0 Å². The van der Waals surface area contributed by atoms with Crippen molar-refractivity contribution in [2.45, 2.75) is 6.54 Å². The lowest BCUT2D eigenvalue weighted by atomic mass is 10.2. The van der Waals surface area contributed by atoms with E-state index >= 15 is 0 Å². The second-order valence-corrected chi connectivity index (χ2v) is 5.72. The van der Waals surface area contributed by atoms with Crippen LogP contribution in [-0.2, 0) is 16.8 Å². The van der Waals surface area contributed by atoms with E-state index in [0.717, 1.165) is 5.56 Å². The number of rotatable bonds is 4. The number of piperazine rings is 1. The summed E-state index contributed by atoms with van der Waals surface area (Å²) in [5.74, 6) is 0. The van der Waals surface area contributed by atoms with E-state index in [2.05, 4.69) is 10.0 Å². The molecule has 2 rings (SSSR count). The zero-order chi connectivity index (χ0) is 12.1. The Morgan fingerprint density at radius 2 is 1.82 bits per heavy atom. The first kappa shape index (κ1) is 12.5. The molecule has 0 aromatic heterocycles. The highest BCUT2D eigenvalue weighted by atomic mass is 32.2. The molecule has 1 aromatic carbocycles. The molecule has 0 radical (unpaired) electrons. The van der Waals surface area contributed by atoms with Crippen LogP contribution < -0.4 is 10.0 Å². The molecule has 1 fully saturated rings. The Labute approximate surface area is 102 Å². The van der Waals surface area contributed by atoms with Crippen LogP contribution in [0.3, 0.4) is 0 Å². The molecule has 0 amide bonds. The molecule has 1 saturated heterocycles. The second kappa shape index (κ2) is 5.59. The van der Waals surface area contributed by atoms with Crippen LogP contribution in [0.25, 0.3) is 0 Å². The monoisotopic (exact) mass is 255 g/mol. The number of hydrogen-bond acceptors (Lipinski definition) is 3. The third-order valence-electron chi connectivity index (χ3n) is 2.72. The Kier molecular flexibility index (Phi) is 4.11. The van der Waals surface area contributed by atoms with Gasteiger partial charge in [0.25, 0.3) is 10.2 Å². The smallest absolute Gasteiger partial charge is 0.279 e. The van der Waals surface area contributed by atoms with Crippen LogP contribution in [0.2, 0.25) is 0 Å². The van der Waals surface area contributed by atoms with Crippen molar-refractivity contribution in [1.29, 1.82) is 0 Å². The van der Waals surface area contributed by atoms with Crippen molar-refractivity contribution in [3.63, 3.8) is 0 Å². The topological polar surface area (TPSA) is 61.4 Å². The fraction of sp³-hybridized carbons (Fsp3) is 0.455. The van der Waals surface area contributed by atoms with Crippen molar-refractivity contribution in [3.05, 3.63) is 35.9 Å². The van der Waals surface area contributed by atoms with Crippen molar-refractivity contribution < 1.29 is 8.42 Å². The van der Waals surface area contributed by atoms with E-state index in [0.29, 0.717) is 32.7 Å². The van der Waals surface area contributed by atoms with Crippen molar-refractivity contribution in [2.24, 2.45) is 0 Å². The highest BCUT2D eigenvalue weighted by molar-refractivity contribution is 7.87. The lowest BCUT2D eigenvalue weighted by Gasteiger charge is -2.26. The summed E-state index contributed by atoms with van der Waals surface area (Å²) in [5, 5.41) is 3.13. The average molecular weight is 255 g/mol. The van der Waals surface area contributed by atoms with Crippen molar-refractivity contribution >= 4 is 10.2 Å². The van der Waals surface area contributed by atoms with Crippen LogP contribution in [0.15, 0.2) is 30.3 Å². The molecule has 0 saturated carbocycles. The molecule has 0 atom stereocenters. The lowest BCUT2D eigenvalue weighted by molar-refractivity contribution is 0.354. The first-order valence-corrected chi connectivity index (χ1v) is 7.12. The molecule has 6 heteroatoms. The molecule has 0 aliphatic carbocycles. The van der Waals surface area contributed by atoms with Crippen molar-refractivity contribution in [1.82, 2.24) is 14.3 Å². The van der Waals surface area contributed by atoms with E-state index in [9.17, 15) is 8.42 Å². The number of hydrogen-bond donors (Lipinski definition) is 2. The highest BCUT2D eigenvalue weighted by Gasteiger charge is 2.22. The summed E-state index contributed by atoms with van der Waals surface area (Å²) in [6, 6.07) is 9.51. The summed E-state index contributed by atoms with van der Waals surface area (Å²) in [7, 11) is -3.34. The molecule has 1 aliphatic rings. The normalized spacial score (nSPS) is 18.1. The van der Waals surface area contributed by atoms with Crippen molar-refractivity contribution in [3.8, 4) is 0 Å². The molecular formula is C11H17N3O2S. The molecule has 0 spiro atoms. The predicted octanol–water partition coefficient (Wildman–Crippen LogP) is -0.0738. The Morgan fingerprint density at radius 1 is 1.18 bits per heavy atom. The molecule has 17 heavy (non-hydrogen) atoms. The maximum atomic E-state index is 11.9. The van der Waals surface area contributed by atoms with Gasteiger partial charge in [0.1, 0.15) is 0 Å². The molecule has 5 nitrogen and oxygen atoms in total. The SMILES string of the molecule is O=S(=O)(NCc1ccccc1)N1CCNCC1. The minimum atomic E-state index is -3.34. The van der Waals surface area contributed by atoms with Crippen LogP contribution in [0, 0.1) is 0 Å². The summed E-state index contributed by atoms with van der Waals surface area (Å²) in [6.45, 7) is 2.83. The van der Waals surface area contributed by atoms with Crippen LogP contribution in [-0.4, -0.2) is 38.9 Å². The maximum absolute atomic E-state index is 11.9. The molecule has 0 bridgehead atoms. The number of nitrogens with one attached hydrogen (secondary N) is 2. The lowest BCUT2D eigenvalue weighted by Crippen LogP contribution is -2.50. The molecular weight excluding hydrogens is 238 g/mol. The van der Waals surface area contributed by atoms with E-state index in [-0.39, 0.29) is 0 Å². The van der Waals surface area contributed by atoms with Crippen LogP contribution in [0.5, 0.6) is 0 Å². The van der Waals surface area contributed by atoms with Crippen molar-refractivity contribution in [2.75, 3.05) is 26.2 Å². The summed E-state index contributed by atoms with van der Waals surface area (Å²) in [4.78, 5) is 0. The third-order valence-corrected chi connectivity index (χ3v) is 4.27. The molecule has 94 valence electrons. The molecule has 1 aliphatic heterocycles. The zero-order valence-electron chi connectivity index (χ0n) is 9.59. The van der Waals surface area contributed by atoms with E-state index < -0.39 is 10.2 Å². The minimum Gasteiger partial charge on any atom is -0.314 e. The van der Waals surface area contributed by atoms with Gasteiger partial charge in [0.15, 0.2) is 0 Å². The largest absolute Gasteiger partial charge is 0.314 e. The molecule has 2 N–H and O–H groups in total. The Hall–Kier alpha value is -0.950. The van der Waals surface area contributed by atoms with Gasteiger partial charge in [-0.25, -0.2) is 0 Å². The van der Waals surface area contributed by atoms with Crippen LogP contribution >= 0.6 is 0 Å². The quantitative estimate of drug-likeness (QED) is 0.791. The second-order valence-electron chi connectivity index (χ2n) is 3.96. The highest BCUT2D eigenvalue weighted by Crippen LogP contribution is 2.03. The molecule has 1 aromatic rings. The average Bonchev–Trinajstić information content (AvgIpc) is 2.39. The summed E-state index contributed by atoms with van der Waals surface area (Å²) < 4.78 is 28.0. The first-order chi connectivity index (χ1) is 8.18. The minimum absolute atomic E-state index is 0.340. The Bertz CT molecular complexity index is 441. The predicted molar refractivity (Wildman–Crippen MR) is 66.6 cm³/mol. The van der Waals surface area contributed by atoms with Gasteiger partial charge in [0.05, 0.1) is 0 Å². The van der Waals surface area contributed by atoms with E-state index in [4.69, 9.17) is 0 Å². The van der Waals surface area contributed by atoms with E-state index in [1.165, 1.54) is 4.31 Å². The zero-order valence-corrected chi connectivity index (χ0v) is 10.4. The van der Waals surface area contributed by atoms with Gasteiger partial charge in [0, 0.05) is 32.7 Å². The standard InChI is InChI=1S/C11H17N3O2S/c15-17(16,14-8-6-12-7-9-14)13-10-11-4-2-1-3-5-11/h1-5,12-13H,6-10H2. The summed E-state index contributed by atoms with van der Waals surface area (Å²) in [5.41, 5.74) is 0.964. The Balaban J connectivity index is 1.93. The van der Waals surface area contributed by atoms with Gasteiger partial charge in [-0.2, -0.15) is 17.4 Å². The molecule has 1 heterocycles. The number of benzene rings is 1. The Morgan fingerprint density at radius 3 is 2.47 bits per heavy atom. The summed E-state index contributed by atoms with van der Waals surface area (Å²) in [6.07, 6.45) is 0. The fourth-order valence-electron chi connectivity index (χ4n) is 1.75. The summed E-state index contributed by atoms with van der Waals surface area (Å²) >= 11 is 0. The van der Waals surface area contributed by atoms with Gasteiger partial charge >= 0.3 is 0 Å². The molecule has 0 unspecified atom stereocenters. The number of nitrogens with zero attached hydrogens (tertiary/aromatic N) is 1. The third kappa shape index (κ3) is 3.50. The van der Waals surface area contributed by atoms with Crippen LogP contribution in [0.4, 0.5) is 0 Å². The van der Waals surface area contributed by atoms with Gasteiger partial charge in [-0.15, -0.1) is 0 Å². The van der Waals surface area contributed by atoms with E-state index in [1.807, 2.05) is 30.3 Å². The van der Waals surface area contributed by atoms with Gasteiger partial charge in [-0.05, 0) is 5.56 Å². The van der Waals surface area contributed by atoms with Gasteiger partial charge in [-0.1, -0.05) is 30.3 Å².